The molecule has 2 rings (SSSR count). The van der Waals surface area contributed by atoms with Gasteiger partial charge in [0.1, 0.15) is 0 Å². The van der Waals surface area contributed by atoms with Crippen molar-refractivity contribution >= 4 is 5.69 Å². The van der Waals surface area contributed by atoms with E-state index in [4.69, 9.17) is 4.74 Å². The van der Waals surface area contributed by atoms with Gasteiger partial charge in [-0.2, -0.15) is 0 Å². The Morgan fingerprint density at radius 2 is 1.94 bits per heavy atom. The molecule has 1 aliphatic carbocycles. The maximum absolute atomic E-state index is 5.28. The lowest BCUT2D eigenvalue weighted by Gasteiger charge is -2.35. The molecule has 2 nitrogen and oxygen atoms in total. The van der Waals surface area contributed by atoms with E-state index in [1.54, 1.807) is 7.11 Å². The Hall–Kier alpha value is -1.02. The average Bonchev–Trinajstić information content (AvgIpc) is 2.32. The second-order valence-corrected chi connectivity index (χ2v) is 4.97. The Balaban J connectivity index is 1.78. The molecule has 0 atom stereocenters. The van der Waals surface area contributed by atoms with Crippen LogP contribution in [0.2, 0.25) is 0 Å². The van der Waals surface area contributed by atoms with Crippen LogP contribution in [0.1, 0.15) is 38.2 Å². The fraction of sp³-hybridized carbons (Fsp3) is 0.600. The van der Waals surface area contributed by atoms with E-state index < -0.39 is 0 Å². The van der Waals surface area contributed by atoms with Crippen LogP contribution in [0.25, 0.3) is 0 Å². The molecule has 0 unspecified atom stereocenters. The lowest BCUT2D eigenvalue weighted by Crippen LogP contribution is -2.40. The van der Waals surface area contributed by atoms with Crippen LogP contribution in [-0.4, -0.2) is 19.3 Å². The normalized spacial score (nSPS) is 23.2. The van der Waals surface area contributed by atoms with Gasteiger partial charge in [0.05, 0.1) is 6.10 Å². The largest absolute Gasteiger partial charge is 0.382 e. The lowest BCUT2D eigenvalue weighted by molar-refractivity contribution is 0.0329. The van der Waals surface area contributed by atoms with Gasteiger partial charge >= 0.3 is 0 Å². The lowest BCUT2D eigenvalue weighted by atomic mass is 9.89. The van der Waals surface area contributed by atoms with Gasteiger partial charge in [0, 0.05) is 18.8 Å². The molecule has 1 saturated carbocycles. The van der Waals surface area contributed by atoms with Crippen molar-refractivity contribution in [3.63, 3.8) is 0 Å². The molecule has 0 bridgehead atoms. The summed E-state index contributed by atoms with van der Waals surface area (Å²) in [5.41, 5.74) is 2.69. The molecule has 0 aliphatic heterocycles. The van der Waals surface area contributed by atoms with E-state index in [-0.39, 0.29) is 0 Å². The summed E-state index contributed by atoms with van der Waals surface area (Å²) in [7, 11) is 1.80. The smallest absolute Gasteiger partial charge is 0.0610 e. The van der Waals surface area contributed by atoms with Gasteiger partial charge in [-0.3, -0.25) is 0 Å². The number of ether oxygens (including phenoxy) is 1. The van der Waals surface area contributed by atoms with Crippen LogP contribution in [0, 0.1) is 0 Å². The highest BCUT2D eigenvalue weighted by atomic mass is 16.5. The van der Waals surface area contributed by atoms with Crippen molar-refractivity contribution in [1.82, 2.24) is 0 Å². The van der Waals surface area contributed by atoms with Gasteiger partial charge in [-0.1, -0.05) is 25.5 Å². The number of nitrogens with one attached hydrogen (secondary N) is 1. The minimum atomic E-state index is 0.469. The highest BCUT2D eigenvalue weighted by molar-refractivity contribution is 5.46. The fourth-order valence-corrected chi connectivity index (χ4v) is 2.26. The molecule has 1 aliphatic rings. The van der Waals surface area contributed by atoms with Crippen molar-refractivity contribution in [1.29, 1.82) is 0 Å². The van der Waals surface area contributed by atoms with Gasteiger partial charge in [0.25, 0.3) is 0 Å². The van der Waals surface area contributed by atoms with Crippen molar-refractivity contribution in [2.75, 3.05) is 12.4 Å². The molecule has 1 aromatic carbocycles. The number of aryl methyl sites for hydroxylation is 1. The predicted octanol–water partition coefficient (Wildman–Crippen LogP) is 3.62. The van der Waals surface area contributed by atoms with E-state index in [0.717, 1.165) is 12.8 Å². The zero-order chi connectivity index (χ0) is 12.1. The Morgan fingerprint density at radius 3 is 2.53 bits per heavy atom. The molecule has 0 saturated heterocycles. The minimum absolute atomic E-state index is 0.469. The van der Waals surface area contributed by atoms with E-state index in [0.29, 0.717) is 12.1 Å². The quantitative estimate of drug-likeness (QED) is 0.810. The van der Waals surface area contributed by atoms with Crippen LogP contribution >= 0.6 is 0 Å². The summed E-state index contributed by atoms with van der Waals surface area (Å²) in [5, 5.41) is 3.55. The third-order valence-electron chi connectivity index (χ3n) is 3.57. The number of methoxy groups -OCH3 is 1. The van der Waals surface area contributed by atoms with Crippen LogP contribution < -0.4 is 5.32 Å². The average molecular weight is 233 g/mol. The summed E-state index contributed by atoms with van der Waals surface area (Å²) < 4.78 is 5.28. The first-order chi connectivity index (χ1) is 8.31. The van der Waals surface area contributed by atoms with Crippen LogP contribution in [-0.2, 0) is 11.2 Å². The molecule has 0 amide bonds. The van der Waals surface area contributed by atoms with Crippen molar-refractivity contribution in [2.45, 2.75) is 51.2 Å². The zero-order valence-corrected chi connectivity index (χ0v) is 10.9. The van der Waals surface area contributed by atoms with E-state index in [1.807, 2.05) is 0 Å². The molecule has 1 aromatic rings. The van der Waals surface area contributed by atoms with Gasteiger partial charge in [0.2, 0.25) is 0 Å². The summed E-state index contributed by atoms with van der Waals surface area (Å²) in [4.78, 5) is 0. The van der Waals surface area contributed by atoms with E-state index in [1.165, 1.54) is 30.5 Å². The van der Waals surface area contributed by atoms with E-state index in [9.17, 15) is 0 Å². The number of rotatable bonds is 6. The van der Waals surface area contributed by atoms with Crippen LogP contribution in [0.3, 0.4) is 0 Å². The monoisotopic (exact) mass is 233 g/mol. The van der Waals surface area contributed by atoms with Crippen LogP contribution in [0.4, 0.5) is 5.69 Å². The van der Waals surface area contributed by atoms with Crippen LogP contribution in [0.5, 0.6) is 0 Å². The molecule has 1 fully saturated rings. The third-order valence-corrected chi connectivity index (χ3v) is 3.57. The fourth-order valence-electron chi connectivity index (χ4n) is 2.26. The minimum Gasteiger partial charge on any atom is -0.382 e. The molecule has 0 radical (unpaired) electrons. The Labute approximate surface area is 104 Å². The first kappa shape index (κ1) is 12.4. The SMILES string of the molecule is CCCCc1ccc(NC2CC(OC)C2)cc1. The van der Waals surface area contributed by atoms with Crippen molar-refractivity contribution in [3.05, 3.63) is 29.8 Å². The van der Waals surface area contributed by atoms with E-state index >= 15 is 0 Å². The first-order valence-corrected chi connectivity index (χ1v) is 6.70. The number of hydrogen-bond donors (Lipinski definition) is 1. The van der Waals surface area contributed by atoms with Gasteiger partial charge in [-0.05, 0) is 43.4 Å². The second-order valence-electron chi connectivity index (χ2n) is 4.97. The predicted molar refractivity (Wildman–Crippen MR) is 72.5 cm³/mol. The second kappa shape index (κ2) is 6.06. The zero-order valence-electron chi connectivity index (χ0n) is 10.9. The number of unbranched alkanes of at least 4 members (excludes halogenated alkanes) is 1. The van der Waals surface area contributed by atoms with Gasteiger partial charge < -0.3 is 10.1 Å². The highest BCUT2D eigenvalue weighted by Crippen LogP contribution is 2.26. The molecule has 0 heterocycles. The highest BCUT2D eigenvalue weighted by Gasteiger charge is 2.28. The van der Waals surface area contributed by atoms with Gasteiger partial charge in [0.15, 0.2) is 0 Å². The molecule has 1 N–H and O–H groups in total. The summed E-state index contributed by atoms with van der Waals surface area (Å²) in [6, 6.07) is 9.48. The Bertz CT molecular complexity index is 327. The van der Waals surface area contributed by atoms with Crippen molar-refractivity contribution in [3.8, 4) is 0 Å². The first-order valence-electron chi connectivity index (χ1n) is 6.70. The van der Waals surface area contributed by atoms with Crippen molar-refractivity contribution < 1.29 is 4.74 Å². The Kier molecular flexibility index (Phi) is 4.43. The molecule has 0 spiro atoms. The standard InChI is InChI=1S/C15H23NO/c1-3-4-5-12-6-8-13(9-7-12)16-14-10-15(11-14)17-2/h6-9,14-16H,3-5,10-11H2,1-2H3. The molecular formula is C15H23NO. The topological polar surface area (TPSA) is 21.3 Å². The summed E-state index contributed by atoms with van der Waals surface area (Å²) in [5.74, 6) is 0. The number of hydrogen-bond acceptors (Lipinski definition) is 2. The van der Waals surface area contributed by atoms with Gasteiger partial charge in [-0.25, -0.2) is 0 Å². The van der Waals surface area contributed by atoms with E-state index in [2.05, 4.69) is 36.5 Å². The van der Waals surface area contributed by atoms with Crippen LogP contribution in [0.15, 0.2) is 24.3 Å². The third kappa shape index (κ3) is 3.47. The molecule has 2 heteroatoms. The summed E-state index contributed by atoms with van der Waals surface area (Å²) in [6.45, 7) is 2.23. The maximum atomic E-state index is 5.28. The molecule has 0 aromatic heterocycles. The molecular weight excluding hydrogens is 210 g/mol. The Morgan fingerprint density at radius 1 is 1.24 bits per heavy atom. The summed E-state index contributed by atoms with van der Waals surface area (Å²) >= 11 is 0. The molecule has 17 heavy (non-hydrogen) atoms. The number of anilines is 1. The van der Waals surface area contributed by atoms with Gasteiger partial charge in [-0.15, -0.1) is 0 Å². The molecule has 94 valence electrons. The van der Waals surface area contributed by atoms with Crippen molar-refractivity contribution in [2.24, 2.45) is 0 Å². The maximum Gasteiger partial charge on any atom is 0.0610 e. The summed E-state index contributed by atoms with van der Waals surface area (Å²) in [6.07, 6.45) is 6.48. The number of benzene rings is 1.